The number of anilines is 2. The maximum atomic E-state index is 13.3. The van der Waals surface area contributed by atoms with Gasteiger partial charge in [-0.2, -0.15) is 0 Å². The van der Waals surface area contributed by atoms with Gasteiger partial charge < -0.3 is 19.5 Å². The minimum Gasteiger partial charge on any atom is -0.467 e. The number of likely N-dealkylation sites (N-methyl/N-ethyl adjacent to an activating group) is 1. The van der Waals surface area contributed by atoms with Crippen LogP contribution in [0.3, 0.4) is 0 Å². The van der Waals surface area contributed by atoms with Crippen molar-refractivity contribution in [3.63, 3.8) is 0 Å². The molecule has 2 amide bonds. The van der Waals surface area contributed by atoms with Crippen molar-refractivity contribution in [1.29, 1.82) is 0 Å². The van der Waals surface area contributed by atoms with E-state index in [1.54, 1.807) is 12.1 Å². The highest BCUT2D eigenvalue weighted by molar-refractivity contribution is 6.36. The molecular formula is C27H28N4O3. The molecule has 0 atom stereocenters. The van der Waals surface area contributed by atoms with E-state index in [9.17, 15) is 9.59 Å². The molecule has 1 N–H and O–H groups in total. The molecule has 0 saturated carbocycles. The van der Waals surface area contributed by atoms with Gasteiger partial charge in [0, 0.05) is 37.6 Å². The van der Waals surface area contributed by atoms with Gasteiger partial charge in [-0.25, -0.2) is 0 Å². The van der Waals surface area contributed by atoms with Crippen LogP contribution in [0, 0.1) is 0 Å². The summed E-state index contributed by atoms with van der Waals surface area (Å²) in [5, 5.41) is 3.24. The third kappa shape index (κ3) is 4.34. The first-order valence-corrected chi connectivity index (χ1v) is 11.7. The van der Waals surface area contributed by atoms with Gasteiger partial charge in [0.15, 0.2) is 0 Å². The van der Waals surface area contributed by atoms with Crippen molar-refractivity contribution in [3.8, 4) is 0 Å². The van der Waals surface area contributed by atoms with Crippen molar-refractivity contribution >= 4 is 28.8 Å². The van der Waals surface area contributed by atoms with Crippen LogP contribution >= 0.6 is 0 Å². The molecule has 2 aliphatic rings. The number of hydrogen-bond donors (Lipinski definition) is 1. The molecule has 3 aromatic rings. The minimum atomic E-state index is -0.361. The number of carbonyl (C=O) groups excluding carboxylic acids is 2. The van der Waals surface area contributed by atoms with E-state index in [0.29, 0.717) is 16.9 Å². The van der Waals surface area contributed by atoms with Crippen LogP contribution in [0.25, 0.3) is 5.57 Å². The third-order valence-electron chi connectivity index (χ3n) is 6.45. The average Bonchev–Trinajstić information content (AvgIpc) is 3.48. The highest BCUT2D eigenvalue weighted by atomic mass is 16.3. The molecule has 5 rings (SSSR count). The number of rotatable bonds is 7. The first-order chi connectivity index (χ1) is 16.6. The molecule has 0 aliphatic carbocycles. The Kier molecular flexibility index (Phi) is 6.18. The lowest BCUT2D eigenvalue weighted by atomic mass is 10.0. The third-order valence-corrected chi connectivity index (χ3v) is 6.45. The van der Waals surface area contributed by atoms with E-state index in [0.717, 1.165) is 44.1 Å². The van der Waals surface area contributed by atoms with E-state index >= 15 is 0 Å². The molecule has 1 aromatic heterocycles. The first-order valence-electron chi connectivity index (χ1n) is 11.7. The van der Waals surface area contributed by atoms with E-state index in [1.807, 2.05) is 42.5 Å². The summed E-state index contributed by atoms with van der Waals surface area (Å²) in [4.78, 5) is 32.7. The maximum absolute atomic E-state index is 13.3. The summed E-state index contributed by atoms with van der Waals surface area (Å²) in [7, 11) is 0. The molecule has 7 heteroatoms. The molecule has 2 aromatic carbocycles. The number of imide groups is 1. The number of piperazine rings is 1. The molecule has 0 bridgehead atoms. The topological polar surface area (TPSA) is 69.0 Å². The zero-order chi connectivity index (χ0) is 23.5. The zero-order valence-corrected chi connectivity index (χ0v) is 19.2. The van der Waals surface area contributed by atoms with E-state index < -0.39 is 0 Å². The van der Waals surface area contributed by atoms with Crippen LogP contribution < -0.4 is 10.2 Å². The van der Waals surface area contributed by atoms with Gasteiger partial charge in [-0.05, 0) is 48.5 Å². The first kappa shape index (κ1) is 22.0. The quantitative estimate of drug-likeness (QED) is 0.546. The molecule has 1 saturated heterocycles. The number of hydrogen-bond acceptors (Lipinski definition) is 6. The second-order valence-corrected chi connectivity index (χ2v) is 8.49. The fraction of sp³-hybridized carbons (Fsp3) is 0.259. The second kappa shape index (κ2) is 9.57. The van der Waals surface area contributed by atoms with E-state index in [1.165, 1.54) is 11.2 Å². The molecular weight excluding hydrogens is 428 g/mol. The fourth-order valence-electron chi connectivity index (χ4n) is 4.49. The van der Waals surface area contributed by atoms with Crippen LogP contribution in [0.5, 0.6) is 0 Å². The molecule has 3 heterocycles. The van der Waals surface area contributed by atoms with E-state index in [2.05, 4.69) is 34.2 Å². The average molecular weight is 457 g/mol. The van der Waals surface area contributed by atoms with E-state index in [4.69, 9.17) is 4.42 Å². The Bertz CT molecular complexity index is 1180. The van der Waals surface area contributed by atoms with Crippen LogP contribution in [-0.4, -0.2) is 54.3 Å². The predicted molar refractivity (Wildman–Crippen MR) is 132 cm³/mol. The number of benzene rings is 2. The van der Waals surface area contributed by atoms with Gasteiger partial charge in [-0.1, -0.05) is 37.3 Å². The lowest BCUT2D eigenvalue weighted by Gasteiger charge is -2.35. The zero-order valence-electron chi connectivity index (χ0n) is 19.2. The normalized spacial score (nSPS) is 17.1. The molecule has 0 radical (unpaired) electrons. The molecule has 174 valence electrons. The Morgan fingerprint density at radius 2 is 1.59 bits per heavy atom. The van der Waals surface area contributed by atoms with Crippen LogP contribution in [0.4, 0.5) is 11.4 Å². The van der Waals surface area contributed by atoms with Crippen LogP contribution in [0.15, 0.2) is 83.1 Å². The molecule has 1 fully saturated rings. The predicted octanol–water partition coefficient (Wildman–Crippen LogP) is 3.81. The number of nitrogens with one attached hydrogen (secondary N) is 1. The summed E-state index contributed by atoms with van der Waals surface area (Å²) in [5.41, 5.74) is 3.28. The molecule has 2 aliphatic heterocycles. The number of furan rings is 1. The van der Waals surface area contributed by atoms with Gasteiger partial charge in [0.1, 0.15) is 11.5 Å². The van der Waals surface area contributed by atoms with Crippen molar-refractivity contribution in [2.45, 2.75) is 13.5 Å². The highest BCUT2D eigenvalue weighted by Crippen LogP contribution is 2.32. The van der Waals surface area contributed by atoms with Crippen molar-refractivity contribution in [2.24, 2.45) is 0 Å². The summed E-state index contributed by atoms with van der Waals surface area (Å²) >= 11 is 0. The Morgan fingerprint density at radius 1 is 0.853 bits per heavy atom. The van der Waals surface area contributed by atoms with Crippen LogP contribution in [-0.2, 0) is 16.1 Å². The van der Waals surface area contributed by atoms with Gasteiger partial charge in [-0.3, -0.25) is 14.5 Å². The minimum absolute atomic E-state index is 0.0921. The summed E-state index contributed by atoms with van der Waals surface area (Å²) in [6, 6.07) is 20.9. The van der Waals surface area contributed by atoms with Gasteiger partial charge in [0.2, 0.25) is 0 Å². The van der Waals surface area contributed by atoms with Gasteiger partial charge in [-0.15, -0.1) is 0 Å². The van der Waals surface area contributed by atoms with Crippen molar-refractivity contribution < 1.29 is 14.0 Å². The summed E-state index contributed by atoms with van der Waals surface area (Å²) in [6.45, 7) is 7.49. The van der Waals surface area contributed by atoms with Gasteiger partial charge >= 0.3 is 0 Å². The highest BCUT2D eigenvalue weighted by Gasteiger charge is 2.39. The number of amides is 2. The maximum Gasteiger partial charge on any atom is 0.278 e. The van der Waals surface area contributed by atoms with Crippen molar-refractivity contribution in [3.05, 3.63) is 90.0 Å². The fourth-order valence-corrected chi connectivity index (χ4v) is 4.49. The lowest BCUT2D eigenvalue weighted by Crippen LogP contribution is -2.46. The Morgan fingerprint density at radius 3 is 2.24 bits per heavy atom. The van der Waals surface area contributed by atoms with E-state index in [-0.39, 0.29) is 24.1 Å². The molecule has 34 heavy (non-hydrogen) atoms. The van der Waals surface area contributed by atoms with Crippen LogP contribution in [0.1, 0.15) is 18.2 Å². The van der Waals surface area contributed by atoms with Gasteiger partial charge in [0.05, 0.1) is 18.4 Å². The largest absolute Gasteiger partial charge is 0.467 e. The van der Waals surface area contributed by atoms with Crippen molar-refractivity contribution in [1.82, 2.24) is 9.80 Å². The second-order valence-electron chi connectivity index (χ2n) is 8.49. The molecule has 0 unspecified atom stereocenters. The Labute approximate surface area is 199 Å². The summed E-state index contributed by atoms with van der Waals surface area (Å²) in [5.74, 6) is -0.136. The SMILES string of the molecule is CCN1CCN(c2ccc(NC3=C(c4ccccc4)C(=O)N(Cc4ccco4)C3=O)cc2)CC1. The monoisotopic (exact) mass is 456 g/mol. The Balaban J connectivity index is 1.39. The van der Waals surface area contributed by atoms with Crippen LogP contribution in [0.2, 0.25) is 0 Å². The molecule has 0 spiro atoms. The number of nitrogens with zero attached hydrogens (tertiary/aromatic N) is 3. The Hall–Kier alpha value is -3.84. The number of carbonyl (C=O) groups is 2. The van der Waals surface area contributed by atoms with Crippen molar-refractivity contribution in [2.75, 3.05) is 42.9 Å². The van der Waals surface area contributed by atoms with Gasteiger partial charge in [0.25, 0.3) is 11.8 Å². The summed E-state index contributed by atoms with van der Waals surface area (Å²) < 4.78 is 5.38. The molecule has 7 nitrogen and oxygen atoms in total. The smallest absolute Gasteiger partial charge is 0.278 e. The standard InChI is InChI=1S/C27H28N4O3/c1-2-29-14-16-30(17-15-29)22-12-10-21(11-13-22)28-25-24(20-7-4-3-5-8-20)26(32)31(27(25)33)19-23-9-6-18-34-23/h3-13,18,28H,2,14-17,19H2,1H3. The lowest BCUT2D eigenvalue weighted by molar-refractivity contribution is -0.137. The summed E-state index contributed by atoms with van der Waals surface area (Å²) in [6.07, 6.45) is 1.54.